The Kier molecular flexibility index (Phi) is 6.02. The van der Waals surface area contributed by atoms with E-state index < -0.39 is 5.54 Å². The molecule has 0 spiro atoms. The smallest absolute Gasteiger partial charge is 0.259 e. The molecule has 5 nitrogen and oxygen atoms in total. The van der Waals surface area contributed by atoms with E-state index in [0.29, 0.717) is 11.5 Å². The van der Waals surface area contributed by atoms with E-state index in [1.807, 2.05) is 44.2 Å². The highest BCUT2D eigenvalue weighted by molar-refractivity contribution is 5.78. The second-order valence-electron chi connectivity index (χ2n) is 6.19. The maximum Gasteiger partial charge on any atom is 0.259 e. The summed E-state index contributed by atoms with van der Waals surface area (Å²) in [4.78, 5) is 12.0. The molecule has 0 aliphatic rings. The predicted molar refractivity (Wildman–Crippen MR) is 95.5 cm³/mol. The third-order valence-corrected chi connectivity index (χ3v) is 3.96. The van der Waals surface area contributed by atoms with Crippen LogP contribution in [0.4, 0.5) is 0 Å². The van der Waals surface area contributed by atoms with Crippen LogP contribution >= 0.6 is 0 Å². The first-order valence-corrected chi connectivity index (χ1v) is 8.11. The lowest BCUT2D eigenvalue weighted by Gasteiger charge is -2.27. The van der Waals surface area contributed by atoms with Gasteiger partial charge >= 0.3 is 0 Å². The zero-order valence-electron chi connectivity index (χ0n) is 14.7. The van der Waals surface area contributed by atoms with E-state index in [1.165, 1.54) is 0 Å². The van der Waals surface area contributed by atoms with Gasteiger partial charge in [-0.25, -0.2) is 0 Å². The van der Waals surface area contributed by atoms with E-state index in [4.69, 9.17) is 9.47 Å². The van der Waals surface area contributed by atoms with Gasteiger partial charge in [0.1, 0.15) is 22.8 Å². The Morgan fingerprint density at radius 2 is 1.64 bits per heavy atom. The number of nitrogens with zero attached hydrogens (tertiary/aromatic N) is 1. The third-order valence-electron chi connectivity index (χ3n) is 3.96. The second kappa shape index (κ2) is 8.20. The first kappa shape index (κ1) is 18.3. The van der Waals surface area contributed by atoms with Gasteiger partial charge in [-0.15, -0.1) is 0 Å². The minimum Gasteiger partial charge on any atom is -0.484 e. The minimum absolute atomic E-state index is 0.00383. The molecular formula is C20H22N2O3. The number of carbonyl (C=O) groups is 1. The van der Waals surface area contributed by atoms with Gasteiger partial charge in [-0.05, 0) is 49.2 Å². The van der Waals surface area contributed by atoms with Crippen molar-refractivity contribution in [1.29, 1.82) is 5.26 Å². The zero-order valence-corrected chi connectivity index (χ0v) is 14.7. The van der Waals surface area contributed by atoms with Gasteiger partial charge in [-0.3, -0.25) is 4.79 Å². The molecule has 25 heavy (non-hydrogen) atoms. The molecule has 0 bridgehead atoms. The highest BCUT2D eigenvalue weighted by Gasteiger charge is 2.29. The van der Waals surface area contributed by atoms with Gasteiger partial charge in [0.05, 0.1) is 6.07 Å². The molecule has 0 heterocycles. The molecule has 2 rings (SSSR count). The van der Waals surface area contributed by atoms with Crippen LogP contribution in [0.2, 0.25) is 0 Å². The number of rotatable bonds is 7. The molecule has 0 saturated heterocycles. The lowest BCUT2D eigenvalue weighted by molar-refractivity contribution is -0.124. The van der Waals surface area contributed by atoms with Gasteiger partial charge in [-0.2, -0.15) is 5.26 Å². The second-order valence-corrected chi connectivity index (χ2v) is 6.19. The van der Waals surface area contributed by atoms with E-state index in [2.05, 4.69) is 11.4 Å². The Hall–Kier alpha value is -3.00. The Morgan fingerprint density at radius 3 is 2.20 bits per heavy atom. The van der Waals surface area contributed by atoms with Gasteiger partial charge in [-0.1, -0.05) is 32.0 Å². The molecule has 5 heteroatoms. The van der Waals surface area contributed by atoms with Gasteiger partial charge in [0, 0.05) is 0 Å². The Morgan fingerprint density at radius 1 is 1.08 bits per heavy atom. The molecule has 0 saturated carbocycles. The summed E-state index contributed by atoms with van der Waals surface area (Å²) in [5, 5.41) is 11.9. The Labute approximate surface area is 148 Å². The molecule has 0 aromatic heterocycles. The molecule has 1 N–H and O–H groups in total. The van der Waals surface area contributed by atoms with Crippen molar-refractivity contribution in [3.05, 3.63) is 54.6 Å². The van der Waals surface area contributed by atoms with Crippen LogP contribution in [0.15, 0.2) is 54.6 Å². The monoisotopic (exact) mass is 338 g/mol. The number of nitriles is 1. The number of hydrogen-bond acceptors (Lipinski definition) is 4. The predicted octanol–water partition coefficient (Wildman–Crippen LogP) is 3.91. The highest BCUT2D eigenvalue weighted by Crippen LogP contribution is 2.23. The van der Waals surface area contributed by atoms with Crippen molar-refractivity contribution in [3.8, 4) is 23.3 Å². The fraction of sp³-hybridized carbons (Fsp3) is 0.300. The molecule has 1 amide bonds. The average molecular weight is 338 g/mol. The van der Waals surface area contributed by atoms with Crippen LogP contribution in [0.3, 0.4) is 0 Å². The summed E-state index contributed by atoms with van der Waals surface area (Å²) >= 11 is 0. The van der Waals surface area contributed by atoms with E-state index in [1.54, 1.807) is 31.2 Å². The van der Waals surface area contributed by atoms with Crippen molar-refractivity contribution in [2.45, 2.75) is 26.3 Å². The van der Waals surface area contributed by atoms with Crippen molar-refractivity contribution >= 4 is 5.91 Å². The summed E-state index contributed by atoms with van der Waals surface area (Å²) in [5.41, 5.74) is -0.909. The molecule has 1 atom stereocenters. The Balaban J connectivity index is 1.87. The van der Waals surface area contributed by atoms with Crippen molar-refractivity contribution in [2.24, 2.45) is 5.92 Å². The quantitative estimate of drug-likeness (QED) is 0.831. The minimum atomic E-state index is -0.909. The summed E-state index contributed by atoms with van der Waals surface area (Å²) in [6.07, 6.45) is 0. The average Bonchev–Trinajstić information content (AvgIpc) is 2.61. The maximum absolute atomic E-state index is 12.0. The molecule has 0 aliphatic heterocycles. The molecule has 1 unspecified atom stereocenters. The summed E-state index contributed by atoms with van der Waals surface area (Å²) in [6.45, 7) is 5.32. The maximum atomic E-state index is 12.0. The Bertz CT molecular complexity index is 736. The molecule has 0 aliphatic carbocycles. The lowest BCUT2D eigenvalue weighted by Crippen LogP contribution is -2.50. The number of hydrogen-bond donors (Lipinski definition) is 1. The lowest BCUT2D eigenvalue weighted by atomic mass is 9.90. The highest BCUT2D eigenvalue weighted by atomic mass is 16.5. The normalized spacial score (nSPS) is 12.8. The standard InChI is InChI=1S/C20H22N2O3/c1-15(2)20(3,14-21)22-19(23)13-24-16-9-11-18(12-10-16)25-17-7-5-4-6-8-17/h4-12,15H,13H2,1-3H3,(H,22,23). The van der Waals surface area contributed by atoms with Crippen LogP contribution in [0.1, 0.15) is 20.8 Å². The van der Waals surface area contributed by atoms with Crippen LogP contribution < -0.4 is 14.8 Å². The fourth-order valence-corrected chi connectivity index (χ4v) is 2.00. The van der Waals surface area contributed by atoms with Crippen LogP contribution in [0.5, 0.6) is 17.2 Å². The summed E-state index contributed by atoms with van der Waals surface area (Å²) in [5.74, 6) is 1.65. The third kappa shape index (κ3) is 5.25. The molecule has 0 radical (unpaired) electrons. The molecular weight excluding hydrogens is 316 g/mol. The molecule has 2 aromatic carbocycles. The number of benzene rings is 2. The fourth-order valence-electron chi connectivity index (χ4n) is 2.00. The van der Waals surface area contributed by atoms with Crippen LogP contribution in [0, 0.1) is 17.2 Å². The largest absolute Gasteiger partial charge is 0.484 e. The van der Waals surface area contributed by atoms with Gasteiger partial charge in [0.2, 0.25) is 0 Å². The zero-order chi connectivity index (χ0) is 18.3. The summed E-state index contributed by atoms with van der Waals surface area (Å²) < 4.78 is 11.2. The number of ether oxygens (including phenoxy) is 2. The van der Waals surface area contributed by atoms with Crippen LogP contribution in [-0.4, -0.2) is 18.1 Å². The van der Waals surface area contributed by atoms with Crippen molar-refractivity contribution in [2.75, 3.05) is 6.61 Å². The van der Waals surface area contributed by atoms with Crippen LogP contribution in [0.25, 0.3) is 0 Å². The van der Waals surface area contributed by atoms with Crippen molar-refractivity contribution in [1.82, 2.24) is 5.32 Å². The topological polar surface area (TPSA) is 71.4 Å². The van der Waals surface area contributed by atoms with Crippen molar-refractivity contribution < 1.29 is 14.3 Å². The summed E-state index contributed by atoms with van der Waals surface area (Å²) in [7, 11) is 0. The van der Waals surface area contributed by atoms with Crippen LogP contribution in [-0.2, 0) is 4.79 Å². The molecule has 2 aromatic rings. The molecule has 0 fully saturated rings. The van der Waals surface area contributed by atoms with Crippen molar-refractivity contribution in [3.63, 3.8) is 0 Å². The first-order chi connectivity index (χ1) is 11.9. The van der Waals surface area contributed by atoms with Gasteiger partial charge < -0.3 is 14.8 Å². The first-order valence-electron chi connectivity index (χ1n) is 8.11. The summed E-state index contributed by atoms with van der Waals surface area (Å²) in [6, 6.07) is 18.6. The number of nitrogens with one attached hydrogen (secondary N) is 1. The number of para-hydroxylation sites is 1. The van der Waals surface area contributed by atoms with E-state index in [9.17, 15) is 10.1 Å². The van der Waals surface area contributed by atoms with Gasteiger partial charge in [0.25, 0.3) is 5.91 Å². The van der Waals surface area contributed by atoms with Gasteiger partial charge in [0.15, 0.2) is 6.61 Å². The van der Waals surface area contributed by atoms with E-state index in [-0.39, 0.29) is 18.4 Å². The van der Waals surface area contributed by atoms with E-state index >= 15 is 0 Å². The number of carbonyl (C=O) groups excluding carboxylic acids is 1. The molecule has 130 valence electrons. The number of amides is 1. The van der Waals surface area contributed by atoms with E-state index in [0.717, 1.165) is 5.75 Å². The SMILES string of the molecule is CC(C)C(C)(C#N)NC(=O)COc1ccc(Oc2ccccc2)cc1.